The van der Waals surface area contributed by atoms with Gasteiger partial charge in [-0.25, -0.2) is 4.98 Å². The van der Waals surface area contributed by atoms with Crippen molar-refractivity contribution in [2.45, 2.75) is 12.1 Å². The molecule has 0 unspecified atom stereocenters. The molecule has 0 aliphatic rings. The van der Waals surface area contributed by atoms with Gasteiger partial charge in [0.2, 0.25) is 0 Å². The Hall–Kier alpha value is -1.33. The Balaban J connectivity index is 2.28. The third-order valence-electron chi connectivity index (χ3n) is 2.61. The molecule has 5 heteroatoms. The topological polar surface area (TPSA) is 44.1 Å². The van der Waals surface area contributed by atoms with Crippen LogP contribution in [0.25, 0.3) is 10.9 Å². The molecule has 0 fully saturated rings. The minimum atomic E-state index is -0.000454. The Morgan fingerprint density at radius 3 is 2.94 bits per heavy atom. The summed E-state index contributed by atoms with van der Waals surface area (Å²) in [6.07, 6.45) is 0. The normalized spacial score (nSPS) is 11.0. The van der Waals surface area contributed by atoms with Gasteiger partial charge in [-0.1, -0.05) is 23.9 Å². The molecule has 0 aliphatic carbocycles. The summed E-state index contributed by atoms with van der Waals surface area (Å²) in [6, 6.07) is 7.42. The fourth-order valence-corrected chi connectivity index (χ4v) is 2.49. The summed E-state index contributed by atoms with van der Waals surface area (Å²) >= 11 is 1.54. The molecule has 1 heterocycles. The van der Waals surface area contributed by atoms with E-state index in [1.807, 2.05) is 25.1 Å². The molecule has 0 radical (unpaired) electrons. The molecule has 0 amide bonds. The van der Waals surface area contributed by atoms with E-state index < -0.39 is 0 Å². The number of thioether (sulfide) groups is 1. The highest BCUT2D eigenvalue weighted by Gasteiger charge is 2.07. The van der Waals surface area contributed by atoms with Crippen molar-refractivity contribution >= 4 is 22.7 Å². The van der Waals surface area contributed by atoms with E-state index >= 15 is 0 Å². The third-order valence-corrected chi connectivity index (χ3v) is 3.60. The van der Waals surface area contributed by atoms with E-state index in [4.69, 9.17) is 4.74 Å². The Kier molecular flexibility index (Phi) is 4.38. The lowest BCUT2D eigenvalue weighted by atomic mass is 10.2. The number of rotatable bonds is 5. The second-order valence-electron chi connectivity index (χ2n) is 3.82. The fraction of sp³-hybridized carbons (Fsp3) is 0.385. The van der Waals surface area contributed by atoms with E-state index in [0.717, 1.165) is 16.4 Å². The first kappa shape index (κ1) is 13.1. The highest BCUT2D eigenvalue weighted by atomic mass is 32.2. The summed E-state index contributed by atoms with van der Waals surface area (Å²) in [5.41, 5.74) is 0.749. The molecule has 1 aromatic heterocycles. The second kappa shape index (κ2) is 6.02. The Labute approximate surface area is 110 Å². The third kappa shape index (κ3) is 2.73. The van der Waals surface area contributed by atoms with Crippen molar-refractivity contribution in [2.75, 3.05) is 19.0 Å². The molecule has 0 bridgehead atoms. The number of nitrogens with zero attached hydrogens (tertiary/aromatic N) is 2. The molecule has 1 aromatic carbocycles. The summed E-state index contributed by atoms with van der Waals surface area (Å²) in [6.45, 7) is 3.35. The predicted molar refractivity (Wildman–Crippen MR) is 74.2 cm³/mol. The molecule has 0 atom stereocenters. The van der Waals surface area contributed by atoms with Gasteiger partial charge in [0.05, 0.1) is 17.5 Å². The Bertz CT molecular complexity index is 595. The van der Waals surface area contributed by atoms with Crippen molar-refractivity contribution in [3.05, 3.63) is 34.6 Å². The van der Waals surface area contributed by atoms with E-state index in [1.54, 1.807) is 29.4 Å². The van der Waals surface area contributed by atoms with Gasteiger partial charge in [-0.3, -0.25) is 9.36 Å². The van der Waals surface area contributed by atoms with Gasteiger partial charge in [0.25, 0.3) is 5.56 Å². The van der Waals surface area contributed by atoms with Gasteiger partial charge >= 0.3 is 0 Å². The second-order valence-corrected chi connectivity index (χ2v) is 4.88. The molecule has 0 N–H and O–H groups in total. The standard InChI is InChI=1S/C13H16N2O2S/c1-3-17-8-9-18-13-14-11-7-5-4-6-10(11)12(16)15(13)2/h4-7H,3,8-9H2,1-2H3. The van der Waals surface area contributed by atoms with Crippen LogP contribution in [0.4, 0.5) is 0 Å². The van der Waals surface area contributed by atoms with E-state index in [1.165, 1.54) is 0 Å². The van der Waals surface area contributed by atoms with E-state index in [2.05, 4.69) is 4.98 Å². The van der Waals surface area contributed by atoms with Gasteiger partial charge in [0.15, 0.2) is 5.16 Å². The van der Waals surface area contributed by atoms with Crippen LogP contribution in [-0.2, 0) is 11.8 Å². The summed E-state index contributed by atoms with van der Waals surface area (Å²) in [7, 11) is 1.75. The van der Waals surface area contributed by atoms with Gasteiger partial charge in [0.1, 0.15) is 0 Å². The van der Waals surface area contributed by atoms with Crippen molar-refractivity contribution < 1.29 is 4.74 Å². The zero-order valence-corrected chi connectivity index (χ0v) is 11.4. The van der Waals surface area contributed by atoms with Crippen LogP contribution >= 0.6 is 11.8 Å². The smallest absolute Gasteiger partial charge is 0.261 e. The fourth-order valence-electron chi connectivity index (χ4n) is 1.66. The van der Waals surface area contributed by atoms with Gasteiger partial charge in [-0.15, -0.1) is 0 Å². The predicted octanol–water partition coefficient (Wildman–Crippen LogP) is 2.06. The first-order chi connectivity index (χ1) is 8.74. The van der Waals surface area contributed by atoms with Crippen LogP contribution in [0.3, 0.4) is 0 Å². The summed E-state index contributed by atoms with van der Waals surface area (Å²) in [5.74, 6) is 0.798. The molecule has 0 saturated carbocycles. The highest BCUT2D eigenvalue weighted by Crippen LogP contribution is 2.16. The molecular weight excluding hydrogens is 248 g/mol. The van der Waals surface area contributed by atoms with Gasteiger partial charge in [0, 0.05) is 19.4 Å². The van der Waals surface area contributed by atoms with Crippen LogP contribution in [0.5, 0.6) is 0 Å². The average molecular weight is 264 g/mol. The Morgan fingerprint density at radius 2 is 2.17 bits per heavy atom. The zero-order valence-electron chi connectivity index (χ0n) is 10.5. The van der Waals surface area contributed by atoms with Crippen molar-refractivity contribution in [3.63, 3.8) is 0 Å². The first-order valence-corrected chi connectivity index (χ1v) is 6.89. The molecule has 2 aromatic rings. The summed E-state index contributed by atoms with van der Waals surface area (Å²) in [4.78, 5) is 16.6. The number of benzene rings is 1. The van der Waals surface area contributed by atoms with Gasteiger partial charge < -0.3 is 4.74 Å². The van der Waals surface area contributed by atoms with Crippen LogP contribution in [0.15, 0.2) is 34.2 Å². The molecule has 0 aliphatic heterocycles. The Morgan fingerprint density at radius 1 is 1.39 bits per heavy atom. The SMILES string of the molecule is CCOCCSc1nc2ccccc2c(=O)n1C. The molecular formula is C13H16N2O2S. The minimum absolute atomic E-state index is 0.000454. The maximum atomic E-state index is 12.1. The van der Waals surface area contributed by atoms with Crippen molar-refractivity contribution in [3.8, 4) is 0 Å². The summed E-state index contributed by atoms with van der Waals surface area (Å²) < 4.78 is 6.87. The quantitative estimate of drug-likeness (QED) is 0.471. The van der Waals surface area contributed by atoms with Gasteiger partial charge in [-0.2, -0.15) is 0 Å². The number of hydrogen-bond acceptors (Lipinski definition) is 4. The van der Waals surface area contributed by atoms with Crippen LogP contribution in [0.2, 0.25) is 0 Å². The molecule has 18 heavy (non-hydrogen) atoms. The van der Waals surface area contributed by atoms with Crippen molar-refractivity contribution in [1.82, 2.24) is 9.55 Å². The highest BCUT2D eigenvalue weighted by molar-refractivity contribution is 7.99. The lowest BCUT2D eigenvalue weighted by Gasteiger charge is -2.08. The van der Waals surface area contributed by atoms with Crippen molar-refractivity contribution in [2.24, 2.45) is 7.05 Å². The number of para-hydroxylation sites is 1. The number of ether oxygens (including phenoxy) is 1. The monoisotopic (exact) mass is 264 g/mol. The first-order valence-electron chi connectivity index (χ1n) is 5.90. The maximum absolute atomic E-state index is 12.1. The van der Waals surface area contributed by atoms with Crippen molar-refractivity contribution in [1.29, 1.82) is 0 Å². The van der Waals surface area contributed by atoms with Gasteiger partial charge in [-0.05, 0) is 19.1 Å². The maximum Gasteiger partial charge on any atom is 0.261 e. The van der Waals surface area contributed by atoms with Crippen LogP contribution in [-0.4, -0.2) is 28.5 Å². The number of fused-ring (bicyclic) bond motifs is 1. The molecule has 0 saturated heterocycles. The average Bonchev–Trinajstić information content (AvgIpc) is 2.40. The molecule has 2 rings (SSSR count). The molecule has 4 nitrogen and oxygen atoms in total. The molecule has 0 spiro atoms. The number of hydrogen-bond donors (Lipinski definition) is 0. The largest absolute Gasteiger partial charge is 0.381 e. The summed E-state index contributed by atoms with van der Waals surface area (Å²) in [5, 5.41) is 1.40. The lowest BCUT2D eigenvalue weighted by Crippen LogP contribution is -2.20. The lowest BCUT2D eigenvalue weighted by molar-refractivity contribution is 0.164. The number of aromatic nitrogens is 2. The minimum Gasteiger partial charge on any atom is -0.381 e. The van der Waals surface area contributed by atoms with Crippen LogP contribution < -0.4 is 5.56 Å². The molecule has 96 valence electrons. The van der Waals surface area contributed by atoms with E-state index in [0.29, 0.717) is 18.6 Å². The van der Waals surface area contributed by atoms with Crippen LogP contribution in [0.1, 0.15) is 6.92 Å². The van der Waals surface area contributed by atoms with E-state index in [-0.39, 0.29) is 5.56 Å². The zero-order chi connectivity index (χ0) is 13.0. The van der Waals surface area contributed by atoms with E-state index in [9.17, 15) is 4.79 Å². The van der Waals surface area contributed by atoms with Crippen LogP contribution in [0, 0.1) is 0 Å².